The number of hydrogen-bond acceptors (Lipinski definition) is 4. The van der Waals surface area contributed by atoms with Crippen LogP contribution in [0.3, 0.4) is 0 Å². The van der Waals surface area contributed by atoms with Crippen LogP contribution in [0.5, 0.6) is 5.75 Å². The van der Waals surface area contributed by atoms with Gasteiger partial charge in [0.05, 0.1) is 18.1 Å². The van der Waals surface area contributed by atoms with Gasteiger partial charge in [0.25, 0.3) is 0 Å². The van der Waals surface area contributed by atoms with Crippen LogP contribution >= 0.6 is 0 Å². The van der Waals surface area contributed by atoms with E-state index in [1.807, 2.05) is 6.92 Å². The zero-order chi connectivity index (χ0) is 20.5. The number of hydrogen-bond donors (Lipinski definition) is 0. The minimum atomic E-state index is -3.23. The van der Waals surface area contributed by atoms with Crippen LogP contribution in [-0.2, 0) is 14.6 Å². The van der Waals surface area contributed by atoms with Crippen molar-refractivity contribution < 1.29 is 26.7 Å². The average molecular weight is 407 g/mol. The lowest BCUT2D eigenvalue weighted by Gasteiger charge is -2.18. The van der Waals surface area contributed by atoms with Crippen LogP contribution in [0.25, 0.3) is 0 Å². The van der Waals surface area contributed by atoms with Crippen LogP contribution in [-0.4, -0.2) is 52.6 Å². The van der Waals surface area contributed by atoms with E-state index in [1.54, 1.807) is 24.3 Å². The number of halogens is 2. The molecule has 27 heavy (non-hydrogen) atoms. The molecule has 0 fully saturated rings. The summed E-state index contributed by atoms with van der Waals surface area (Å²) in [6, 6.07) is 6.74. The first kappa shape index (κ1) is 23.8. The summed E-state index contributed by atoms with van der Waals surface area (Å²) >= 11 is 0. The third-order valence-corrected chi connectivity index (χ3v) is 5.78. The maximum atomic E-state index is 12.6. The lowest BCUT2D eigenvalue weighted by atomic mass is 9.99. The largest absolute Gasteiger partial charge is 0.485 e. The van der Waals surface area contributed by atoms with Gasteiger partial charge >= 0.3 is 0 Å². The summed E-state index contributed by atoms with van der Waals surface area (Å²) in [6.45, 7) is 7.18. The van der Waals surface area contributed by atoms with Crippen LogP contribution < -0.4 is 4.74 Å². The van der Waals surface area contributed by atoms with Gasteiger partial charge in [-0.3, -0.25) is 0 Å². The number of ether oxygens (including phenoxy) is 2. The monoisotopic (exact) mass is 406 g/mol. The van der Waals surface area contributed by atoms with E-state index >= 15 is 0 Å². The molecule has 0 spiro atoms. The Morgan fingerprint density at radius 3 is 2.41 bits per heavy atom. The highest BCUT2D eigenvalue weighted by atomic mass is 32.2. The van der Waals surface area contributed by atoms with Crippen LogP contribution in [0.4, 0.5) is 8.78 Å². The first-order valence-corrected chi connectivity index (χ1v) is 11.0. The first-order chi connectivity index (χ1) is 12.6. The molecule has 1 rings (SSSR count). The second-order valence-corrected chi connectivity index (χ2v) is 10.3. The number of alkyl halides is 2. The number of benzene rings is 1. The SMILES string of the molecule is C[C@@H](CS(=O)(=O)CCCOCC(C)(C)C)c1cccc(OC(CF)CF)c1. The molecule has 7 heteroatoms. The maximum Gasteiger partial charge on any atom is 0.155 e. The Labute approximate surface area is 162 Å². The van der Waals surface area contributed by atoms with Gasteiger partial charge in [0, 0.05) is 6.61 Å². The maximum absolute atomic E-state index is 12.6. The fraction of sp³-hybridized carbons (Fsp3) is 0.700. The van der Waals surface area contributed by atoms with Crippen LogP contribution in [0.1, 0.15) is 45.6 Å². The molecule has 0 amide bonds. The summed E-state index contributed by atoms with van der Waals surface area (Å²) in [5.41, 5.74) is 0.820. The molecule has 4 nitrogen and oxygen atoms in total. The molecular weight excluding hydrogens is 374 g/mol. The van der Waals surface area contributed by atoms with E-state index in [1.165, 1.54) is 0 Å². The van der Waals surface area contributed by atoms with E-state index in [9.17, 15) is 17.2 Å². The highest BCUT2D eigenvalue weighted by molar-refractivity contribution is 7.91. The molecule has 0 unspecified atom stereocenters. The van der Waals surface area contributed by atoms with Gasteiger partial charge in [0.1, 0.15) is 19.1 Å². The Bertz CT molecular complexity index is 652. The molecular formula is C20H32F2O4S. The average Bonchev–Trinajstić information content (AvgIpc) is 2.58. The van der Waals surface area contributed by atoms with E-state index < -0.39 is 29.3 Å². The van der Waals surface area contributed by atoms with Gasteiger partial charge in [-0.2, -0.15) is 0 Å². The van der Waals surface area contributed by atoms with Crippen molar-refractivity contribution in [1.29, 1.82) is 0 Å². The Morgan fingerprint density at radius 1 is 1.15 bits per heavy atom. The van der Waals surface area contributed by atoms with E-state index in [4.69, 9.17) is 9.47 Å². The minimum Gasteiger partial charge on any atom is -0.485 e. The smallest absolute Gasteiger partial charge is 0.155 e. The van der Waals surface area contributed by atoms with Crippen molar-refractivity contribution in [2.45, 2.75) is 46.1 Å². The first-order valence-electron chi connectivity index (χ1n) is 9.23. The second-order valence-electron chi connectivity index (χ2n) is 8.10. The standard InChI is InChI=1S/C20H32F2O4S/c1-16(14-27(23,24)10-6-9-25-15-20(2,3)4)17-7-5-8-18(11-17)26-19(12-21)13-22/h5,7-8,11,16,19H,6,9-10,12-15H2,1-4H3/t16-/m0/s1. The van der Waals surface area contributed by atoms with Gasteiger partial charge in [-0.05, 0) is 35.4 Å². The summed E-state index contributed by atoms with van der Waals surface area (Å²) in [6.07, 6.45) is -0.671. The quantitative estimate of drug-likeness (QED) is 0.485. The summed E-state index contributed by atoms with van der Waals surface area (Å²) in [5.74, 6) is 0.172. The van der Waals surface area contributed by atoms with Gasteiger partial charge in [-0.1, -0.05) is 39.8 Å². The van der Waals surface area contributed by atoms with Crippen LogP contribution in [0.2, 0.25) is 0 Å². The highest BCUT2D eigenvalue weighted by Crippen LogP contribution is 2.23. The summed E-state index contributed by atoms with van der Waals surface area (Å²) in [7, 11) is -3.23. The Hall–Kier alpha value is -1.21. The molecule has 0 saturated heterocycles. The van der Waals surface area contributed by atoms with Crippen LogP contribution in [0.15, 0.2) is 24.3 Å². The predicted molar refractivity (Wildman–Crippen MR) is 105 cm³/mol. The molecule has 0 aliphatic carbocycles. The zero-order valence-corrected chi connectivity index (χ0v) is 17.5. The molecule has 0 aromatic heterocycles. The molecule has 1 atom stereocenters. The minimum absolute atomic E-state index is 0.00533. The van der Waals surface area contributed by atoms with E-state index in [0.717, 1.165) is 5.56 Å². The molecule has 0 aliphatic heterocycles. The van der Waals surface area contributed by atoms with Gasteiger partial charge in [0.15, 0.2) is 15.9 Å². The summed E-state index contributed by atoms with van der Waals surface area (Å²) in [4.78, 5) is 0. The highest BCUT2D eigenvalue weighted by Gasteiger charge is 2.19. The summed E-state index contributed by atoms with van der Waals surface area (Å²) < 4.78 is 60.7. The molecule has 156 valence electrons. The van der Waals surface area contributed by atoms with Crippen molar-refractivity contribution in [3.8, 4) is 5.75 Å². The van der Waals surface area contributed by atoms with Gasteiger partial charge < -0.3 is 9.47 Å². The Kier molecular flexibility index (Phi) is 9.67. The number of sulfone groups is 1. The van der Waals surface area contributed by atoms with E-state index in [0.29, 0.717) is 25.4 Å². The molecule has 0 bridgehead atoms. The Morgan fingerprint density at radius 2 is 1.81 bits per heavy atom. The van der Waals surface area contributed by atoms with Gasteiger partial charge in [-0.25, -0.2) is 17.2 Å². The van der Waals surface area contributed by atoms with Crippen molar-refractivity contribution in [3.63, 3.8) is 0 Å². The molecule has 0 radical (unpaired) electrons. The predicted octanol–water partition coefficient (Wildman–Crippen LogP) is 4.34. The lowest BCUT2D eigenvalue weighted by Crippen LogP contribution is -2.21. The molecule has 0 aliphatic rings. The van der Waals surface area contributed by atoms with Gasteiger partial charge in [-0.15, -0.1) is 0 Å². The second kappa shape index (κ2) is 11.0. The Balaban J connectivity index is 2.55. The molecule has 1 aromatic rings. The van der Waals surface area contributed by atoms with Crippen LogP contribution in [0, 0.1) is 5.41 Å². The molecule has 0 heterocycles. The van der Waals surface area contributed by atoms with Crippen molar-refractivity contribution in [1.82, 2.24) is 0 Å². The lowest BCUT2D eigenvalue weighted by molar-refractivity contribution is 0.0720. The van der Waals surface area contributed by atoms with Crippen molar-refractivity contribution in [2.24, 2.45) is 5.41 Å². The van der Waals surface area contributed by atoms with Crippen molar-refractivity contribution >= 4 is 9.84 Å². The summed E-state index contributed by atoms with van der Waals surface area (Å²) in [5, 5.41) is 0. The fourth-order valence-electron chi connectivity index (χ4n) is 2.51. The molecule has 0 N–H and O–H groups in total. The fourth-order valence-corrected chi connectivity index (χ4v) is 4.19. The zero-order valence-electron chi connectivity index (χ0n) is 16.7. The molecule has 1 aromatic carbocycles. The van der Waals surface area contributed by atoms with E-state index in [2.05, 4.69) is 20.8 Å². The number of rotatable bonds is 12. The third-order valence-electron chi connectivity index (χ3n) is 3.86. The van der Waals surface area contributed by atoms with Crippen molar-refractivity contribution in [3.05, 3.63) is 29.8 Å². The topological polar surface area (TPSA) is 52.6 Å². The van der Waals surface area contributed by atoms with Gasteiger partial charge in [0.2, 0.25) is 0 Å². The van der Waals surface area contributed by atoms with E-state index in [-0.39, 0.29) is 22.8 Å². The molecule has 0 saturated carbocycles. The third kappa shape index (κ3) is 10.1. The van der Waals surface area contributed by atoms with Crippen molar-refractivity contribution in [2.75, 3.05) is 38.1 Å². The normalized spacial score (nSPS) is 13.7.